The molecule has 86 valence electrons. The molecule has 17 heavy (non-hydrogen) atoms. The first kappa shape index (κ1) is 10.2. The molecule has 0 bridgehead atoms. The lowest BCUT2D eigenvalue weighted by Crippen LogP contribution is -2.41. The van der Waals surface area contributed by atoms with Gasteiger partial charge in [-0.3, -0.25) is 14.5 Å². The lowest BCUT2D eigenvalue weighted by Gasteiger charge is -2.21. The van der Waals surface area contributed by atoms with Crippen LogP contribution in [0.1, 0.15) is 20.7 Å². The smallest absolute Gasteiger partial charge is 0.262 e. The molecule has 4 nitrogen and oxygen atoms in total. The average molecular weight is 229 g/mol. The normalized spacial score (nSPS) is 23.5. The summed E-state index contributed by atoms with van der Waals surface area (Å²) in [7, 11) is 0. The summed E-state index contributed by atoms with van der Waals surface area (Å²) in [5.41, 5.74) is 0.926. The van der Waals surface area contributed by atoms with Crippen molar-refractivity contribution < 1.29 is 14.3 Å². The number of hydrogen-bond donors (Lipinski definition) is 0. The monoisotopic (exact) mass is 229 g/mol. The van der Waals surface area contributed by atoms with E-state index in [4.69, 9.17) is 4.74 Å². The van der Waals surface area contributed by atoms with E-state index in [2.05, 4.69) is 6.58 Å². The standard InChI is InChI=1S/C13H11NO3/c1-2-10(11-7-17-11)14-12(15)8-5-3-4-6-9(8)13(14)16/h2-6,10-11H,1,7H2. The third kappa shape index (κ3) is 1.41. The van der Waals surface area contributed by atoms with Gasteiger partial charge in [-0.2, -0.15) is 0 Å². The van der Waals surface area contributed by atoms with Gasteiger partial charge in [-0.1, -0.05) is 18.2 Å². The van der Waals surface area contributed by atoms with E-state index in [9.17, 15) is 9.59 Å². The van der Waals surface area contributed by atoms with E-state index in [1.54, 1.807) is 30.3 Å². The van der Waals surface area contributed by atoms with Crippen molar-refractivity contribution in [3.05, 3.63) is 48.0 Å². The maximum atomic E-state index is 12.1. The molecule has 1 fully saturated rings. The van der Waals surface area contributed by atoms with Crippen LogP contribution in [-0.2, 0) is 4.74 Å². The van der Waals surface area contributed by atoms with Crippen molar-refractivity contribution in [3.63, 3.8) is 0 Å². The molecule has 2 aliphatic heterocycles. The van der Waals surface area contributed by atoms with Crippen LogP contribution in [0.3, 0.4) is 0 Å². The maximum Gasteiger partial charge on any atom is 0.262 e. The number of rotatable bonds is 3. The average Bonchev–Trinajstić information content (AvgIpc) is 3.15. The number of benzene rings is 1. The molecule has 0 aliphatic carbocycles. The minimum atomic E-state index is -0.359. The Morgan fingerprint density at radius 2 is 1.82 bits per heavy atom. The molecule has 2 unspecified atom stereocenters. The Morgan fingerprint density at radius 3 is 2.24 bits per heavy atom. The molecule has 0 spiro atoms. The number of carbonyl (C=O) groups excluding carboxylic acids is 2. The highest BCUT2D eigenvalue weighted by Gasteiger charge is 2.45. The van der Waals surface area contributed by atoms with Gasteiger partial charge in [0, 0.05) is 0 Å². The minimum absolute atomic E-state index is 0.0882. The van der Waals surface area contributed by atoms with E-state index < -0.39 is 0 Å². The Bertz CT molecular complexity index is 484. The lowest BCUT2D eigenvalue weighted by atomic mass is 10.1. The van der Waals surface area contributed by atoms with E-state index >= 15 is 0 Å². The van der Waals surface area contributed by atoms with Crippen LogP contribution >= 0.6 is 0 Å². The fraction of sp³-hybridized carbons (Fsp3) is 0.231. The third-order valence-corrected chi connectivity index (χ3v) is 3.11. The van der Waals surface area contributed by atoms with Crippen LogP contribution < -0.4 is 0 Å². The summed E-state index contributed by atoms with van der Waals surface area (Å²) >= 11 is 0. The second kappa shape index (κ2) is 3.53. The molecule has 1 aromatic carbocycles. The van der Waals surface area contributed by atoms with Gasteiger partial charge >= 0.3 is 0 Å². The molecule has 2 atom stereocenters. The first-order chi connectivity index (χ1) is 8.24. The SMILES string of the molecule is C=CC(C1CO1)N1C(=O)c2ccccc2C1=O. The second-order valence-electron chi connectivity index (χ2n) is 4.12. The molecular formula is C13H11NO3. The Hall–Kier alpha value is -1.94. The lowest BCUT2D eigenvalue weighted by molar-refractivity contribution is 0.0594. The number of hydrogen-bond acceptors (Lipinski definition) is 3. The van der Waals surface area contributed by atoms with Crippen LogP contribution in [-0.4, -0.2) is 35.5 Å². The molecule has 1 aromatic rings. The summed E-state index contributed by atoms with van der Waals surface area (Å²) < 4.78 is 5.15. The van der Waals surface area contributed by atoms with Gasteiger partial charge in [0.15, 0.2) is 0 Å². The van der Waals surface area contributed by atoms with Crippen molar-refractivity contribution in [1.82, 2.24) is 4.90 Å². The van der Waals surface area contributed by atoms with E-state index in [0.29, 0.717) is 17.7 Å². The van der Waals surface area contributed by atoms with Gasteiger partial charge in [0.1, 0.15) is 6.10 Å². The van der Waals surface area contributed by atoms with Crippen LogP contribution in [0.2, 0.25) is 0 Å². The van der Waals surface area contributed by atoms with Crippen LogP contribution in [0.15, 0.2) is 36.9 Å². The Balaban J connectivity index is 2.02. The molecule has 0 radical (unpaired) electrons. The summed E-state index contributed by atoms with van der Waals surface area (Å²) in [6, 6.07) is 6.49. The van der Waals surface area contributed by atoms with Crippen LogP contribution in [0.5, 0.6) is 0 Å². The van der Waals surface area contributed by atoms with Crippen molar-refractivity contribution >= 4 is 11.8 Å². The van der Waals surface area contributed by atoms with E-state index in [1.165, 1.54) is 4.90 Å². The van der Waals surface area contributed by atoms with Gasteiger partial charge in [-0.05, 0) is 12.1 Å². The predicted octanol–water partition coefficient (Wildman–Crippen LogP) is 1.24. The topological polar surface area (TPSA) is 49.9 Å². The number of fused-ring (bicyclic) bond motifs is 1. The van der Waals surface area contributed by atoms with Crippen molar-refractivity contribution in [2.24, 2.45) is 0 Å². The quantitative estimate of drug-likeness (QED) is 0.445. The minimum Gasteiger partial charge on any atom is -0.371 e. The summed E-state index contributed by atoms with van der Waals surface area (Å²) in [4.78, 5) is 25.5. The highest BCUT2D eigenvalue weighted by Crippen LogP contribution is 2.29. The summed E-state index contributed by atoms with van der Waals surface area (Å²) in [5, 5.41) is 0. The van der Waals surface area contributed by atoms with Gasteiger partial charge in [0.2, 0.25) is 0 Å². The molecule has 2 amide bonds. The molecule has 0 saturated carbocycles. The molecule has 0 aromatic heterocycles. The van der Waals surface area contributed by atoms with Crippen molar-refractivity contribution in [2.45, 2.75) is 12.1 Å². The molecule has 2 aliphatic rings. The van der Waals surface area contributed by atoms with Crippen molar-refractivity contribution in [3.8, 4) is 0 Å². The molecule has 1 saturated heterocycles. The fourth-order valence-electron chi connectivity index (χ4n) is 2.15. The highest BCUT2D eigenvalue weighted by atomic mass is 16.6. The Labute approximate surface area is 98.5 Å². The zero-order chi connectivity index (χ0) is 12.0. The number of ether oxygens (including phenoxy) is 1. The van der Waals surface area contributed by atoms with Crippen LogP contribution in [0.25, 0.3) is 0 Å². The first-order valence-electron chi connectivity index (χ1n) is 5.45. The molecule has 3 rings (SSSR count). The van der Waals surface area contributed by atoms with E-state index in [1.807, 2.05) is 0 Å². The van der Waals surface area contributed by atoms with Gasteiger partial charge in [-0.15, -0.1) is 6.58 Å². The van der Waals surface area contributed by atoms with Crippen LogP contribution in [0.4, 0.5) is 0 Å². The highest BCUT2D eigenvalue weighted by molar-refractivity contribution is 6.21. The van der Waals surface area contributed by atoms with Crippen molar-refractivity contribution in [2.75, 3.05) is 6.61 Å². The number of nitrogens with zero attached hydrogens (tertiary/aromatic N) is 1. The molecule has 4 heteroatoms. The Morgan fingerprint density at radius 1 is 1.29 bits per heavy atom. The Kier molecular flexibility index (Phi) is 2.12. The van der Waals surface area contributed by atoms with Gasteiger partial charge in [0.05, 0.1) is 23.8 Å². The van der Waals surface area contributed by atoms with Gasteiger partial charge in [-0.25, -0.2) is 0 Å². The van der Waals surface area contributed by atoms with Crippen LogP contribution in [0, 0.1) is 0 Å². The number of carbonyl (C=O) groups is 2. The predicted molar refractivity (Wildman–Crippen MR) is 60.7 cm³/mol. The molecular weight excluding hydrogens is 218 g/mol. The summed E-state index contributed by atoms with van der Waals surface area (Å²) in [6.45, 7) is 4.25. The number of amides is 2. The van der Waals surface area contributed by atoms with Gasteiger partial charge in [0.25, 0.3) is 11.8 Å². The fourth-order valence-corrected chi connectivity index (χ4v) is 2.15. The zero-order valence-corrected chi connectivity index (χ0v) is 9.13. The largest absolute Gasteiger partial charge is 0.371 e. The summed E-state index contributed by atoms with van der Waals surface area (Å²) in [5.74, 6) is -0.517. The first-order valence-corrected chi connectivity index (χ1v) is 5.45. The zero-order valence-electron chi connectivity index (χ0n) is 9.13. The van der Waals surface area contributed by atoms with Gasteiger partial charge < -0.3 is 4.74 Å². The second-order valence-corrected chi connectivity index (χ2v) is 4.12. The van der Waals surface area contributed by atoms with Crippen molar-refractivity contribution in [1.29, 1.82) is 0 Å². The number of epoxide rings is 1. The van der Waals surface area contributed by atoms with E-state index in [0.717, 1.165) is 0 Å². The maximum absolute atomic E-state index is 12.1. The molecule has 0 N–H and O–H groups in total. The summed E-state index contributed by atoms with van der Waals surface area (Å²) in [6.07, 6.45) is 1.51. The molecule has 2 heterocycles. The van der Waals surface area contributed by atoms with E-state index in [-0.39, 0.29) is 24.0 Å². The third-order valence-electron chi connectivity index (χ3n) is 3.11. The number of imide groups is 1.